The van der Waals surface area contributed by atoms with Crippen molar-refractivity contribution in [3.05, 3.63) is 81.7 Å². The van der Waals surface area contributed by atoms with E-state index in [-0.39, 0.29) is 35.7 Å². The van der Waals surface area contributed by atoms with Crippen molar-refractivity contribution in [1.29, 1.82) is 0 Å². The van der Waals surface area contributed by atoms with Gasteiger partial charge in [-0.1, -0.05) is 24.2 Å². The van der Waals surface area contributed by atoms with Gasteiger partial charge in [-0.25, -0.2) is 4.39 Å². The molecule has 0 spiro atoms. The van der Waals surface area contributed by atoms with Crippen molar-refractivity contribution in [2.24, 2.45) is 0 Å². The maximum Gasteiger partial charge on any atom is 0.263 e. The van der Waals surface area contributed by atoms with Crippen molar-refractivity contribution in [2.45, 2.75) is 32.9 Å². The average Bonchev–Trinajstić information content (AvgIpc) is 3.15. The van der Waals surface area contributed by atoms with Gasteiger partial charge in [0.15, 0.2) is 5.82 Å². The minimum absolute atomic E-state index is 0.121. The molecule has 2 heterocycles. The molecule has 0 bridgehead atoms. The molecule has 9 heteroatoms. The summed E-state index contributed by atoms with van der Waals surface area (Å²) in [6.45, 7) is 3.35. The molecule has 0 aliphatic heterocycles. The van der Waals surface area contributed by atoms with Gasteiger partial charge in [0, 0.05) is 19.3 Å². The second kappa shape index (κ2) is 9.38. The molecule has 0 radical (unpaired) electrons. The second-order valence-corrected chi connectivity index (χ2v) is 7.11. The summed E-state index contributed by atoms with van der Waals surface area (Å²) in [6.07, 6.45) is 2.06. The van der Waals surface area contributed by atoms with Crippen molar-refractivity contribution in [1.82, 2.24) is 14.6 Å². The predicted molar refractivity (Wildman–Crippen MR) is 112 cm³/mol. The van der Waals surface area contributed by atoms with E-state index in [2.05, 4.69) is 10.5 Å². The number of pyridine rings is 1. The number of amides is 2. The largest absolute Gasteiger partial charge is 0.360 e. The normalized spacial score (nSPS) is 11.7. The fraction of sp³-hybridized carbons (Fsp3) is 0.273. The summed E-state index contributed by atoms with van der Waals surface area (Å²) in [5.41, 5.74) is 0.0733. The molecule has 31 heavy (non-hydrogen) atoms. The van der Waals surface area contributed by atoms with Gasteiger partial charge in [0.2, 0.25) is 5.91 Å². The molecule has 2 amide bonds. The number of likely N-dealkylation sites (N-methyl/N-ethyl adjacent to an activating group) is 1. The highest BCUT2D eigenvalue weighted by atomic mass is 19.1. The summed E-state index contributed by atoms with van der Waals surface area (Å²) in [5, 5.41) is 6.16. The second-order valence-electron chi connectivity index (χ2n) is 7.11. The lowest BCUT2D eigenvalue weighted by molar-refractivity contribution is -0.132. The average molecular weight is 426 g/mol. The van der Waals surface area contributed by atoms with Crippen molar-refractivity contribution in [3.8, 4) is 0 Å². The number of aromatic nitrogens is 2. The molecular weight excluding hydrogens is 403 g/mol. The Morgan fingerprint density at radius 3 is 2.58 bits per heavy atom. The topological polar surface area (TPSA) is 97.4 Å². The number of anilines is 1. The van der Waals surface area contributed by atoms with Gasteiger partial charge < -0.3 is 19.3 Å². The highest BCUT2D eigenvalue weighted by molar-refractivity contribution is 6.03. The highest BCUT2D eigenvalue weighted by Gasteiger charge is 2.22. The van der Waals surface area contributed by atoms with E-state index in [0.29, 0.717) is 12.2 Å². The number of hydrogen-bond acceptors (Lipinski definition) is 5. The summed E-state index contributed by atoms with van der Waals surface area (Å²) in [6, 6.07) is 10.1. The van der Waals surface area contributed by atoms with Gasteiger partial charge in [0.25, 0.3) is 11.5 Å². The first-order valence-corrected chi connectivity index (χ1v) is 9.75. The molecule has 0 aliphatic rings. The van der Waals surface area contributed by atoms with Gasteiger partial charge in [-0.05, 0) is 43.2 Å². The van der Waals surface area contributed by atoms with Crippen molar-refractivity contribution < 1.29 is 18.5 Å². The summed E-state index contributed by atoms with van der Waals surface area (Å²) >= 11 is 0. The Labute approximate surface area is 178 Å². The zero-order valence-electron chi connectivity index (χ0n) is 17.5. The Kier molecular flexibility index (Phi) is 6.64. The summed E-state index contributed by atoms with van der Waals surface area (Å²) in [4.78, 5) is 39.6. The number of halogens is 1. The lowest BCUT2D eigenvalue weighted by Crippen LogP contribution is -2.37. The zero-order chi connectivity index (χ0) is 22.5. The van der Waals surface area contributed by atoms with E-state index in [4.69, 9.17) is 4.52 Å². The summed E-state index contributed by atoms with van der Waals surface area (Å²) in [7, 11) is 1.63. The minimum atomic E-state index is -0.647. The van der Waals surface area contributed by atoms with Crippen LogP contribution in [0.5, 0.6) is 0 Å². The molecule has 0 unspecified atom stereocenters. The first kappa shape index (κ1) is 21.9. The van der Waals surface area contributed by atoms with Gasteiger partial charge in [-0.2, -0.15) is 0 Å². The number of benzene rings is 1. The van der Waals surface area contributed by atoms with E-state index in [1.54, 1.807) is 26.1 Å². The lowest BCUT2D eigenvalue weighted by Gasteiger charge is -2.28. The van der Waals surface area contributed by atoms with Crippen LogP contribution in [0.15, 0.2) is 58.0 Å². The molecule has 1 atom stereocenters. The molecule has 2 aromatic heterocycles. The number of rotatable bonds is 7. The number of nitrogens with one attached hydrogen (secondary N) is 1. The standard InChI is InChI=1S/C22H23FN4O4/c1-4-18(15-7-9-16(23)10-8-15)26(3)20(28)13-27-11-5-6-17(22(27)30)21(29)24-19-12-14(2)31-25-19/h5-12,18H,4,13H2,1-3H3,(H,24,25,29)/t18-/m1/s1. The van der Waals surface area contributed by atoms with Crippen LogP contribution in [0, 0.1) is 12.7 Å². The molecular formula is C22H23FN4O4. The zero-order valence-corrected chi connectivity index (χ0v) is 17.5. The van der Waals surface area contributed by atoms with Gasteiger partial charge in [-0.15, -0.1) is 0 Å². The maximum absolute atomic E-state index is 13.2. The Hall–Kier alpha value is -3.75. The quantitative estimate of drug-likeness (QED) is 0.626. The molecule has 3 aromatic rings. The van der Waals surface area contributed by atoms with Crippen molar-refractivity contribution in [3.63, 3.8) is 0 Å². The Balaban J connectivity index is 1.76. The van der Waals surface area contributed by atoms with E-state index in [1.165, 1.54) is 46.0 Å². The fourth-order valence-electron chi connectivity index (χ4n) is 3.29. The molecule has 0 fully saturated rings. The number of nitrogens with zero attached hydrogens (tertiary/aromatic N) is 3. The van der Waals surface area contributed by atoms with Crippen LogP contribution in [0.3, 0.4) is 0 Å². The third-order valence-corrected chi connectivity index (χ3v) is 4.94. The Morgan fingerprint density at radius 2 is 1.97 bits per heavy atom. The van der Waals surface area contributed by atoms with E-state index in [0.717, 1.165) is 5.56 Å². The third kappa shape index (κ3) is 5.06. The number of carbonyl (C=O) groups excluding carboxylic acids is 2. The lowest BCUT2D eigenvalue weighted by atomic mass is 10.0. The number of hydrogen-bond donors (Lipinski definition) is 1. The first-order chi connectivity index (χ1) is 14.8. The molecule has 3 rings (SSSR count). The molecule has 0 saturated carbocycles. The SMILES string of the molecule is CC[C@H](c1ccc(F)cc1)N(C)C(=O)Cn1cccc(C(=O)Nc2cc(C)on2)c1=O. The Bertz CT molecular complexity index is 1140. The summed E-state index contributed by atoms with van der Waals surface area (Å²) < 4.78 is 19.3. The fourth-order valence-corrected chi connectivity index (χ4v) is 3.29. The van der Waals surface area contributed by atoms with E-state index in [1.807, 2.05) is 6.92 Å². The Morgan fingerprint density at radius 1 is 1.26 bits per heavy atom. The minimum Gasteiger partial charge on any atom is -0.360 e. The molecule has 1 aromatic carbocycles. The van der Waals surface area contributed by atoms with Crippen LogP contribution in [0.4, 0.5) is 10.2 Å². The highest BCUT2D eigenvalue weighted by Crippen LogP contribution is 2.23. The van der Waals surface area contributed by atoms with E-state index >= 15 is 0 Å². The van der Waals surface area contributed by atoms with E-state index in [9.17, 15) is 18.8 Å². The van der Waals surface area contributed by atoms with Crippen LogP contribution in [-0.4, -0.2) is 33.5 Å². The van der Waals surface area contributed by atoms with Crippen LogP contribution in [0.25, 0.3) is 0 Å². The smallest absolute Gasteiger partial charge is 0.263 e. The monoisotopic (exact) mass is 426 g/mol. The molecule has 0 aliphatic carbocycles. The van der Waals surface area contributed by atoms with Crippen molar-refractivity contribution >= 4 is 17.6 Å². The molecule has 8 nitrogen and oxygen atoms in total. The third-order valence-electron chi connectivity index (χ3n) is 4.94. The molecule has 1 N–H and O–H groups in total. The van der Waals surface area contributed by atoms with Gasteiger partial charge >= 0.3 is 0 Å². The van der Waals surface area contributed by atoms with Gasteiger partial charge in [-0.3, -0.25) is 14.4 Å². The first-order valence-electron chi connectivity index (χ1n) is 9.75. The predicted octanol–water partition coefficient (Wildman–Crippen LogP) is 3.15. The van der Waals surface area contributed by atoms with Crippen molar-refractivity contribution in [2.75, 3.05) is 12.4 Å². The maximum atomic E-state index is 13.2. The number of aryl methyl sites for hydroxylation is 1. The van der Waals surface area contributed by atoms with Crippen LogP contribution in [0.2, 0.25) is 0 Å². The van der Waals surface area contributed by atoms with Crippen LogP contribution in [0.1, 0.15) is 41.1 Å². The van der Waals surface area contributed by atoms with Crippen LogP contribution >= 0.6 is 0 Å². The van der Waals surface area contributed by atoms with Crippen LogP contribution in [-0.2, 0) is 11.3 Å². The van der Waals surface area contributed by atoms with Gasteiger partial charge in [0.1, 0.15) is 23.7 Å². The molecule has 162 valence electrons. The van der Waals surface area contributed by atoms with E-state index < -0.39 is 11.5 Å². The molecule has 0 saturated heterocycles. The number of carbonyl (C=O) groups is 2. The van der Waals surface area contributed by atoms with Gasteiger partial charge in [0.05, 0.1) is 6.04 Å². The van der Waals surface area contributed by atoms with Crippen LogP contribution < -0.4 is 10.9 Å². The summed E-state index contributed by atoms with van der Waals surface area (Å²) in [5.74, 6) is -0.608.